The van der Waals surface area contributed by atoms with Crippen molar-refractivity contribution in [3.05, 3.63) is 29.8 Å². The molecule has 0 aliphatic rings. The Hall–Kier alpha value is -1.91. The zero-order valence-corrected chi connectivity index (χ0v) is 12.8. The molecule has 6 nitrogen and oxygen atoms in total. The molecule has 0 aliphatic heterocycles. The summed E-state index contributed by atoms with van der Waals surface area (Å²) in [5, 5.41) is 17.5. The van der Waals surface area contributed by atoms with E-state index >= 15 is 0 Å². The molecule has 0 fully saturated rings. The van der Waals surface area contributed by atoms with E-state index in [4.69, 9.17) is 10.4 Å². The fourth-order valence-electron chi connectivity index (χ4n) is 1.77. The van der Waals surface area contributed by atoms with Gasteiger partial charge in [0.1, 0.15) is 0 Å². The Labute approximate surface area is 124 Å². The van der Waals surface area contributed by atoms with E-state index in [1.54, 1.807) is 18.9 Å². The van der Waals surface area contributed by atoms with Gasteiger partial charge in [0.05, 0.1) is 28.2 Å². The molecule has 0 bridgehead atoms. The zero-order valence-electron chi connectivity index (χ0n) is 12.0. The third-order valence-electron chi connectivity index (χ3n) is 3.09. The molecule has 1 aromatic carbocycles. The average Bonchev–Trinajstić information content (AvgIpc) is 2.45. The number of carboxylic acids is 1. The van der Waals surface area contributed by atoms with E-state index in [0.29, 0.717) is 5.56 Å². The van der Waals surface area contributed by atoms with Crippen LogP contribution >= 0.6 is 0 Å². The summed E-state index contributed by atoms with van der Waals surface area (Å²) in [5.74, 6) is -1.55. The lowest BCUT2D eigenvalue weighted by Gasteiger charge is -2.18. The number of hydrogen-bond acceptors (Lipinski definition) is 5. The van der Waals surface area contributed by atoms with Crippen molar-refractivity contribution in [1.29, 1.82) is 5.26 Å². The van der Waals surface area contributed by atoms with Crippen LogP contribution in [0.5, 0.6) is 0 Å². The van der Waals surface area contributed by atoms with Crippen LogP contribution in [0, 0.1) is 17.2 Å². The van der Waals surface area contributed by atoms with Gasteiger partial charge in [0.25, 0.3) is 0 Å². The summed E-state index contributed by atoms with van der Waals surface area (Å²) in [6.45, 7) is 2.12. The minimum Gasteiger partial charge on any atom is -0.481 e. The van der Waals surface area contributed by atoms with Gasteiger partial charge in [-0.15, -0.1) is 0 Å². The van der Waals surface area contributed by atoms with Crippen molar-refractivity contribution in [1.82, 2.24) is 4.90 Å². The van der Waals surface area contributed by atoms with Gasteiger partial charge in [-0.25, -0.2) is 8.42 Å². The van der Waals surface area contributed by atoms with Crippen LogP contribution in [0.3, 0.4) is 0 Å². The minimum absolute atomic E-state index is 0.0955. The third-order valence-corrected chi connectivity index (χ3v) is 4.80. The van der Waals surface area contributed by atoms with Crippen LogP contribution in [-0.4, -0.2) is 50.3 Å². The molecule has 0 saturated heterocycles. The zero-order chi connectivity index (χ0) is 16.0. The highest BCUT2D eigenvalue weighted by Gasteiger charge is 2.18. The SMILES string of the molecule is CC(CN(C)CCS(=O)(=O)c1ccc(C#N)cc1)C(=O)O. The van der Waals surface area contributed by atoms with Crippen molar-refractivity contribution in [2.45, 2.75) is 11.8 Å². The Bertz CT molecular complexity index is 632. The van der Waals surface area contributed by atoms with Gasteiger partial charge in [-0.2, -0.15) is 5.26 Å². The summed E-state index contributed by atoms with van der Waals surface area (Å²) in [6.07, 6.45) is 0. The van der Waals surface area contributed by atoms with Crippen molar-refractivity contribution < 1.29 is 18.3 Å². The second kappa shape index (κ2) is 7.20. The topological polar surface area (TPSA) is 98.5 Å². The first-order chi connectivity index (χ1) is 9.76. The monoisotopic (exact) mass is 310 g/mol. The summed E-state index contributed by atoms with van der Waals surface area (Å²) < 4.78 is 24.3. The van der Waals surface area contributed by atoms with E-state index < -0.39 is 21.7 Å². The van der Waals surface area contributed by atoms with Gasteiger partial charge < -0.3 is 10.0 Å². The molecular formula is C14H18N2O4S. The van der Waals surface area contributed by atoms with Gasteiger partial charge in [0.15, 0.2) is 9.84 Å². The van der Waals surface area contributed by atoms with E-state index in [1.807, 2.05) is 6.07 Å². The molecule has 114 valence electrons. The Balaban J connectivity index is 2.64. The van der Waals surface area contributed by atoms with Crippen LogP contribution < -0.4 is 0 Å². The van der Waals surface area contributed by atoms with Gasteiger partial charge in [0, 0.05) is 13.1 Å². The second-order valence-electron chi connectivity index (χ2n) is 4.96. The molecule has 0 amide bonds. The summed E-state index contributed by atoms with van der Waals surface area (Å²) in [7, 11) is -1.75. The molecule has 0 spiro atoms. The minimum atomic E-state index is -3.43. The van der Waals surface area contributed by atoms with E-state index in [2.05, 4.69) is 0 Å². The Kier molecular flexibility index (Phi) is 5.88. The number of rotatable bonds is 7. The van der Waals surface area contributed by atoms with Crippen LogP contribution in [0.1, 0.15) is 12.5 Å². The Morgan fingerprint density at radius 2 is 1.95 bits per heavy atom. The maximum atomic E-state index is 12.1. The maximum absolute atomic E-state index is 12.1. The fourth-order valence-corrected chi connectivity index (χ4v) is 3.11. The molecule has 1 atom stereocenters. The number of nitriles is 1. The van der Waals surface area contributed by atoms with Crippen molar-refractivity contribution in [3.63, 3.8) is 0 Å². The highest BCUT2D eigenvalue weighted by Crippen LogP contribution is 2.12. The predicted octanol–water partition coefficient (Wildman–Crippen LogP) is 0.984. The lowest BCUT2D eigenvalue weighted by Crippen LogP contribution is -2.32. The molecule has 0 radical (unpaired) electrons. The first-order valence-electron chi connectivity index (χ1n) is 6.40. The molecular weight excluding hydrogens is 292 g/mol. The van der Waals surface area contributed by atoms with Gasteiger partial charge in [0.2, 0.25) is 0 Å². The number of sulfone groups is 1. The highest BCUT2D eigenvalue weighted by atomic mass is 32.2. The molecule has 1 unspecified atom stereocenters. The van der Waals surface area contributed by atoms with Crippen LogP contribution in [0.4, 0.5) is 0 Å². The van der Waals surface area contributed by atoms with Crippen molar-refractivity contribution in [2.75, 3.05) is 25.9 Å². The summed E-state index contributed by atoms with van der Waals surface area (Å²) in [4.78, 5) is 12.6. The number of benzene rings is 1. The number of carbonyl (C=O) groups is 1. The first kappa shape index (κ1) is 17.1. The van der Waals surface area contributed by atoms with Gasteiger partial charge in [-0.05, 0) is 31.3 Å². The smallest absolute Gasteiger partial charge is 0.307 e. The second-order valence-corrected chi connectivity index (χ2v) is 7.07. The van der Waals surface area contributed by atoms with Gasteiger partial charge >= 0.3 is 5.97 Å². The lowest BCUT2D eigenvalue weighted by molar-refractivity contribution is -0.141. The maximum Gasteiger partial charge on any atom is 0.307 e. The third kappa shape index (κ3) is 5.17. The first-order valence-corrected chi connectivity index (χ1v) is 8.06. The molecule has 1 N–H and O–H groups in total. The van der Waals surface area contributed by atoms with E-state index in [1.165, 1.54) is 24.3 Å². The molecule has 1 aromatic rings. The van der Waals surface area contributed by atoms with Crippen LogP contribution in [0.15, 0.2) is 29.2 Å². The van der Waals surface area contributed by atoms with E-state index in [0.717, 1.165) is 0 Å². The number of carboxylic acid groups (broad SMARTS) is 1. The van der Waals surface area contributed by atoms with Crippen molar-refractivity contribution >= 4 is 15.8 Å². The van der Waals surface area contributed by atoms with Crippen molar-refractivity contribution in [3.8, 4) is 6.07 Å². The van der Waals surface area contributed by atoms with Gasteiger partial charge in [-0.3, -0.25) is 4.79 Å². The average molecular weight is 310 g/mol. The van der Waals surface area contributed by atoms with Crippen LogP contribution in [0.2, 0.25) is 0 Å². The Morgan fingerprint density at radius 1 is 1.38 bits per heavy atom. The number of hydrogen-bond donors (Lipinski definition) is 1. The molecule has 0 heterocycles. The molecule has 0 saturated carbocycles. The summed E-state index contributed by atoms with van der Waals surface area (Å²) >= 11 is 0. The predicted molar refractivity (Wildman–Crippen MR) is 77.5 cm³/mol. The van der Waals surface area contributed by atoms with Crippen molar-refractivity contribution in [2.24, 2.45) is 5.92 Å². The molecule has 7 heteroatoms. The van der Waals surface area contributed by atoms with Crippen LogP contribution in [0.25, 0.3) is 0 Å². The molecule has 21 heavy (non-hydrogen) atoms. The molecule has 1 rings (SSSR count). The molecule has 0 aliphatic carbocycles. The fraction of sp³-hybridized carbons (Fsp3) is 0.429. The van der Waals surface area contributed by atoms with E-state index in [9.17, 15) is 13.2 Å². The van der Waals surface area contributed by atoms with Crippen LogP contribution in [-0.2, 0) is 14.6 Å². The Morgan fingerprint density at radius 3 is 2.43 bits per heavy atom. The largest absolute Gasteiger partial charge is 0.481 e. The normalized spacial score (nSPS) is 12.9. The quantitative estimate of drug-likeness (QED) is 0.806. The summed E-state index contributed by atoms with van der Waals surface area (Å²) in [5.41, 5.74) is 0.404. The highest BCUT2D eigenvalue weighted by molar-refractivity contribution is 7.91. The standard InChI is InChI=1S/C14H18N2O4S/c1-11(14(17)18)10-16(2)7-8-21(19,20)13-5-3-12(9-15)4-6-13/h3-6,11H,7-8,10H2,1-2H3,(H,17,18). The number of aliphatic carboxylic acids is 1. The summed E-state index contributed by atoms with van der Waals surface area (Å²) in [6, 6.07) is 7.67. The van der Waals surface area contributed by atoms with E-state index in [-0.39, 0.29) is 23.7 Å². The van der Waals surface area contributed by atoms with Gasteiger partial charge in [-0.1, -0.05) is 6.92 Å². The lowest BCUT2D eigenvalue weighted by atomic mass is 10.2. The number of nitrogens with zero attached hydrogens (tertiary/aromatic N) is 2. The molecule has 0 aromatic heterocycles.